The van der Waals surface area contributed by atoms with Crippen molar-refractivity contribution >= 4 is 46.3 Å². The van der Waals surface area contributed by atoms with Gasteiger partial charge in [-0.25, -0.2) is 0 Å². The second kappa shape index (κ2) is 6.92. The van der Waals surface area contributed by atoms with Crippen LogP contribution in [0.3, 0.4) is 0 Å². The first-order valence-corrected chi connectivity index (χ1v) is 7.23. The number of halogens is 1. The van der Waals surface area contributed by atoms with Crippen molar-refractivity contribution in [2.45, 2.75) is 5.92 Å². The van der Waals surface area contributed by atoms with Crippen molar-refractivity contribution in [3.63, 3.8) is 0 Å². The average Bonchev–Trinajstić information content (AvgIpc) is 3.03. The standard InChI is InChI=1S/C14H9ClN2O3S.K/c15-7-3-4-9-8(6-7)11(13(19)17(9)14(16)20)12(18)10-2-1-5-21-10;/h1-6,11H,(H2,16,20);/q;+1/p-1. The molecule has 2 aromatic rings. The molecule has 1 unspecified atom stereocenters. The molecule has 0 saturated heterocycles. The Morgan fingerprint density at radius 3 is 2.59 bits per heavy atom. The molecule has 0 saturated carbocycles. The normalized spacial score (nSPS) is 16.1. The van der Waals surface area contributed by atoms with E-state index in [-0.39, 0.29) is 62.9 Å². The van der Waals surface area contributed by atoms with Gasteiger partial charge < -0.3 is 10.6 Å². The maximum atomic E-state index is 12.5. The van der Waals surface area contributed by atoms with E-state index in [0.29, 0.717) is 20.4 Å². The zero-order valence-corrected chi connectivity index (χ0v) is 16.2. The zero-order valence-electron chi connectivity index (χ0n) is 11.5. The molecule has 3 rings (SSSR count). The maximum absolute atomic E-state index is 12.5. The van der Waals surface area contributed by atoms with Crippen molar-refractivity contribution in [2.75, 3.05) is 4.90 Å². The predicted octanol–water partition coefficient (Wildman–Crippen LogP) is 0.891. The van der Waals surface area contributed by atoms with Gasteiger partial charge in [0.2, 0.25) is 0 Å². The van der Waals surface area contributed by atoms with Crippen molar-refractivity contribution < 1.29 is 65.8 Å². The summed E-state index contributed by atoms with van der Waals surface area (Å²) in [5.74, 6) is -2.21. The summed E-state index contributed by atoms with van der Waals surface area (Å²) in [6.45, 7) is 0. The molecule has 0 spiro atoms. The van der Waals surface area contributed by atoms with Crippen molar-refractivity contribution in [1.29, 1.82) is 0 Å². The topological polar surface area (TPSA) is 78.2 Å². The number of amides is 3. The van der Waals surface area contributed by atoms with Crippen LogP contribution in [0.5, 0.6) is 0 Å². The van der Waals surface area contributed by atoms with Crippen LogP contribution in [-0.4, -0.2) is 17.7 Å². The van der Waals surface area contributed by atoms with Gasteiger partial charge in [-0.1, -0.05) is 23.7 Å². The smallest absolute Gasteiger partial charge is 0.447 e. The van der Waals surface area contributed by atoms with Gasteiger partial charge in [0.1, 0.15) is 5.92 Å². The van der Waals surface area contributed by atoms with Crippen LogP contribution in [0.1, 0.15) is 21.2 Å². The van der Waals surface area contributed by atoms with E-state index in [1.54, 1.807) is 17.5 Å². The quantitative estimate of drug-likeness (QED) is 0.454. The van der Waals surface area contributed by atoms with Gasteiger partial charge in [0.25, 0.3) is 0 Å². The van der Waals surface area contributed by atoms with Gasteiger partial charge in [-0.15, -0.1) is 11.3 Å². The van der Waals surface area contributed by atoms with Gasteiger partial charge in [0.05, 0.1) is 4.88 Å². The molecule has 1 N–H and O–H groups in total. The van der Waals surface area contributed by atoms with Crippen molar-refractivity contribution in [1.82, 2.24) is 0 Å². The number of anilines is 1. The van der Waals surface area contributed by atoms with Gasteiger partial charge in [0.15, 0.2) is 17.7 Å². The summed E-state index contributed by atoms with van der Waals surface area (Å²) in [6.07, 6.45) is 0. The molecule has 106 valence electrons. The predicted molar refractivity (Wildman–Crippen MR) is 80.0 cm³/mol. The van der Waals surface area contributed by atoms with Gasteiger partial charge in [-0.2, -0.15) is 0 Å². The minimum atomic E-state index is -1.16. The van der Waals surface area contributed by atoms with E-state index in [4.69, 9.17) is 17.3 Å². The van der Waals surface area contributed by atoms with E-state index < -0.39 is 17.9 Å². The number of fused-ring (bicyclic) bond motifs is 1. The summed E-state index contributed by atoms with van der Waals surface area (Å²) in [4.78, 5) is 37.4. The number of carbonyl (C=O) groups excluding carboxylic acids is 3. The number of carbonyl (C=O) groups is 3. The number of ketones is 1. The summed E-state index contributed by atoms with van der Waals surface area (Å²) in [7, 11) is 0. The fourth-order valence-electron chi connectivity index (χ4n) is 2.36. The molecule has 22 heavy (non-hydrogen) atoms. The van der Waals surface area contributed by atoms with Crippen LogP contribution in [0.25, 0.3) is 5.73 Å². The van der Waals surface area contributed by atoms with Gasteiger partial charge in [0, 0.05) is 5.02 Å². The second-order valence-corrected chi connectivity index (χ2v) is 5.84. The molecule has 0 fully saturated rings. The Labute approximate surface area is 177 Å². The van der Waals surface area contributed by atoms with Crippen LogP contribution in [-0.2, 0) is 4.79 Å². The molecule has 3 amide bonds. The van der Waals surface area contributed by atoms with Gasteiger partial charge in [-0.3, -0.25) is 14.4 Å². The minimum absolute atomic E-state index is 0. The van der Waals surface area contributed by atoms with Crippen LogP contribution < -0.4 is 56.3 Å². The number of imide groups is 1. The maximum Gasteiger partial charge on any atom is 1.00 e. The summed E-state index contributed by atoms with van der Waals surface area (Å²) < 4.78 is 0. The van der Waals surface area contributed by atoms with E-state index in [2.05, 4.69) is 0 Å². The number of rotatable bonds is 2. The van der Waals surface area contributed by atoms with Gasteiger partial charge >= 0.3 is 51.4 Å². The number of thiophene rings is 1. The number of nitrogens with one attached hydrogen (secondary N) is 1. The first-order chi connectivity index (χ1) is 10.0. The molecule has 0 aliphatic carbocycles. The Morgan fingerprint density at radius 2 is 2.00 bits per heavy atom. The summed E-state index contributed by atoms with van der Waals surface area (Å²) in [5, 5.41) is 2.10. The van der Waals surface area contributed by atoms with Crippen LogP contribution in [0.15, 0.2) is 35.7 Å². The largest absolute Gasteiger partial charge is 1.00 e. The molecule has 1 aliphatic heterocycles. The number of hydrogen-bond donors (Lipinski definition) is 0. The Bertz CT molecular complexity index is 763. The van der Waals surface area contributed by atoms with E-state index in [9.17, 15) is 14.4 Å². The molecule has 1 atom stereocenters. The molecule has 1 aromatic heterocycles. The van der Waals surface area contributed by atoms with E-state index >= 15 is 0 Å². The Hall–Kier alpha value is -0.544. The van der Waals surface area contributed by atoms with Crippen LogP contribution in [0, 0.1) is 0 Å². The van der Waals surface area contributed by atoms with Crippen molar-refractivity contribution in [3.05, 3.63) is 56.9 Å². The summed E-state index contributed by atoms with van der Waals surface area (Å²) in [5.41, 5.74) is 7.84. The monoisotopic (exact) mass is 358 g/mol. The van der Waals surface area contributed by atoms with Crippen LogP contribution in [0.2, 0.25) is 5.02 Å². The SMILES string of the molecule is [K+].[NH-]C(=O)N1C(=O)C(C(=O)c2cccs2)c2cc(Cl)ccc21. The Morgan fingerprint density at radius 1 is 1.27 bits per heavy atom. The molecule has 1 aliphatic rings. The molecule has 1 aromatic carbocycles. The zero-order chi connectivity index (χ0) is 15.1. The molecule has 5 nitrogen and oxygen atoms in total. The first-order valence-electron chi connectivity index (χ1n) is 5.97. The number of urea groups is 1. The Balaban J connectivity index is 0.00000176. The van der Waals surface area contributed by atoms with E-state index in [1.807, 2.05) is 0 Å². The summed E-state index contributed by atoms with van der Waals surface area (Å²) in [6, 6.07) is 6.66. The average molecular weight is 359 g/mol. The van der Waals surface area contributed by atoms with Crippen molar-refractivity contribution in [3.8, 4) is 0 Å². The molecular weight excluding hydrogens is 351 g/mol. The number of Topliss-reactive ketones (excluding diaryl/α,β-unsaturated/α-hetero) is 1. The fourth-order valence-corrected chi connectivity index (χ4v) is 3.24. The van der Waals surface area contributed by atoms with Crippen LogP contribution >= 0.6 is 22.9 Å². The molecular formula is C14H8ClKN2O3S. The molecule has 0 bridgehead atoms. The van der Waals surface area contributed by atoms with E-state index in [0.717, 1.165) is 0 Å². The van der Waals surface area contributed by atoms with Crippen molar-refractivity contribution in [2.24, 2.45) is 0 Å². The third-order valence-electron chi connectivity index (χ3n) is 3.24. The number of nitrogens with zero attached hydrogens (tertiary/aromatic N) is 1. The van der Waals surface area contributed by atoms with E-state index in [1.165, 1.54) is 29.5 Å². The molecule has 2 heterocycles. The number of benzene rings is 1. The third-order valence-corrected chi connectivity index (χ3v) is 4.36. The first kappa shape index (κ1) is 17.8. The third kappa shape index (κ3) is 2.94. The van der Waals surface area contributed by atoms with Crippen LogP contribution in [0.4, 0.5) is 10.5 Å². The number of hydrogen-bond acceptors (Lipinski definition) is 4. The Kier molecular flexibility index (Phi) is 5.60. The molecule has 8 heteroatoms. The minimum Gasteiger partial charge on any atom is -0.447 e. The summed E-state index contributed by atoms with van der Waals surface area (Å²) >= 11 is 7.15. The second-order valence-electron chi connectivity index (χ2n) is 4.46. The fraction of sp³-hybridized carbons (Fsp3) is 0.0714. The molecule has 0 radical (unpaired) electrons. The van der Waals surface area contributed by atoms with Gasteiger partial charge in [-0.05, 0) is 34.8 Å².